The molecule has 0 saturated carbocycles. The molecule has 0 nitrogen and oxygen atoms in total. The van der Waals surface area contributed by atoms with Gasteiger partial charge < -0.3 is 6.42 Å². The van der Waals surface area contributed by atoms with Gasteiger partial charge in [0.1, 0.15) is 0 Å². The first kappa shape index (κ1) is 12.2. The molecule has 60 valence electrons. The first-order valence-electron chi connectivity index (χ1n) is 3.69. The van der Waals surface area contributed by atoms with Gasteiger partial charge >= 0.3 is 17.1 Å². The second-order valence-electron chi connectivity index (χ2n) is 2.26. The van der Waals surface area contributed by atoms with E-state index in [1.54, 1.807) is 0 Å². The van der Waals surface area contributed by atoms with Crippen LogP contribution in [0.3, 0.4) is 0 Å². The van der Waals surface area contributed by atoms with Gasteiger partial charge in [-0.05, 0) is 0 Å². The van der Waals surface area contributed by atoms with Gasteiger partial charge in [0.05, 0.1) is 0 Å². The molecule has 0 aromatic carbocycles. The van der Waals surface area contributed by atoms with Crippen molar-refractivity contribution >= 4 is 0 Å². The molecular weight excluding hydrogens is 160 g/mol. The van der Waals surface area contributed by atoms with Crippen molar-refractivity contribution in [3.8, 4) is 0 Å². The molecule has 9 heavy (non-hydrogen) atoms. The monoisotopic (exact) mass is 176 g/mol. The van der Waals surface area contributed by atoms with E-state index in [9.17, 15) is 0 Å². The quantitative estimate of drug-likeness (QED) is 0.343. The van der Waals surface area contributed by atoms with Crippen molar-refractivity contribution in [1.29, 1.82) is 0 Å². The Bertz CT molecular complexity index is 29.5. The number of hydrogen-bond acceptors (Lipinski definition) is 0. The number of hydrogen-bond donors (Lipinski definition) is 0. The van der Waals surface area contributed by atoms with Crippen LogP contribution in [0.15, 0.2) is 0 Å². The maximum Gasteiger partial charge on any atom is 1.00 e. The van der Waals surface area contributed by atoms with Crippen LogP contribution in [0.2, 0.25) is 0 Å². The molecule has 0 amide bonds. The molecule has 0 unspecified atom stereocenters. The van der Waals surface area contributed by atoms with E-state index in [1.165, 1.54) is 32.1 Å². The molecule has 0 heterocycles. The van der Waals surface area contributed by atoms with Gasteiger partial charge in [0, 0.05) is 0 Å². The summed E-state index contributed by atoms with van der Waals surface area (Å²) in [6, 6.07) is 0. The molecule has 0 aromatic heterocycles. The van der Waals surface area contributed by atoms with Crippen LogP contribution in [0.25, 0.3) is 0 Å². The first-order valence-corrected chi connectivity index (χ1v) is 3.69. The molecule has 0 spiro atoms. The third kappa shape index (κ3) is 11.9. The minimum absolute atomic E-state index is 0. The SMILES string of the molecule is C[CH-]CCCCCC.[Cu+]. The Labute approximate surface area is 69.9 Å². The first-order chi connectivity index (χ1) is 3.91. The zero-order chi connectivity index (χ0) is 6.24. The van der Waals surface area contributed by atoms with Crippen LogP contribution in [-0.2, 0) is 17.1 Å². The molecule has 1 heteroatoms. The molecule has 0 bridgehead atoms. The van der Waals surface area contributed by atoms with E-state index in [0.29, 0.717) is 0 Å². The van der Waals surface area contributed by atoms with Gasteiger partial charge in [-0.1, -0.05) is 32.6 Å². The zero-order valence-electron chi connectivity index (χ0n) is 6.41. The molecule has 0 saturated heterocycles. The zero-order valence-corrected chi connectivity index (χ0v) is 7.36. The van der Waals surface area contributed by atoms with Gasteiger partial charge in [-0.2, -0.15) is 13.3 Å². The van der Waals surface area contributed by atoms with Crippen LogP contribution in [0.5, 0.6) is 0 Å². The van der Waals surface area contributed by atoms with Crippen LogP contribution in [0, 0.1) is 6.42 Å². The Morgan fingerprint density at radius 1 is 1.11 bits per heavy atom. The summed E-state index contributed by atoms with van der Waals surface area (Å²) in [6.45, 7) is 4.38. The van der Waals surface area contributed by atoms with Gasteiger partial charge in [0.25, 0.3) is 0 Å². The Kier molecular flexibility index (Phi) is 15.4. The maximum atomic E-state index is 2.25. The fourth-order valence-corrected chi connectivity index (χ4v) is 0.775. The molecule has 0 N–H and O–H groups in total. The number of unbranched alkanes of at least 4 members (excludes halogenated alkanes) is 5. The molecule has 0 aliphatic carbocycles. The summed E-state index contributed by atoms with van der Waals surface area (Å²) in [7, 11) is 0. The van der Waals surface area contributed by atoms with Gasteiger partial charge in [0.15, 0.2) is 0 Å². The summed E-state index contributed by atoms with van der Waals surface area (Å²) in [6.07, 6.45) is 9.12. The molecule has 0 rings (SSSR count). The fourth-order valence-electron chi connectivity index (χ4n) is 0.775. The van der Waals surface area contributed by atoms with Crippen LogP contribution in [0.4, 0.5) is 0 Å². The normalized spacial score (nSPS) is 8.67. The van der Waals surface area contributed by atoms with E-state index < -0.39 is 0 Å². The Morgan fingerprint density at radius 2 is 1.78 bits per heavy atom. The Balaban J connectivity index is 0. The minimum atomic E-state index is 0. The Hall–Kier alpha value is 0.519. The molecule has 0 aliphatic rings. The van der Waals surface area contributed by atoms with Crippen molar-refractivity contribution in [3.05, 3.63) is 6.42 Å². The molecule has 0 atom stereocenters. The molecular formula is C8H17Cu. The van der Waals surface area contributed by atoms with E-state index in [1.807, 2.05) is 0 Å². The van der Waals surface area contributed by atoms with Gasteiger partial charge in [-0.15, -0.1) is 0 Å². The average molecular weight is 177 g/mol. The van der Waals surface area contributed by atoms with Gasteiger partial charge in [-0.25, -0.2) is 0 Å². The molecule has 0 radical (unpaired) electrons. The largest absolute Gasteiger partial charge is 1.00 e. The van der Waals surface area contributed by atoms with Crippen LogP contribution in [0.1, 0.15) is 46.0 Å². The number of rotatable bonds is 5. The summed E-state index contributed by atoms with van der Waals surface area (Å²) >= 11 is 0. The van der Waals surface area contributed by atoms with E-state index in [4.69, 9.17) is 0 Å². The van der Waals surface area contributed by atoms with Crippen molar-refractivity contribution < 1.29 is 17.1 Å². The summed E-state index contributed by atoms with van der Waals surface area (Å²) < 4.78 is 0. The van der Waals surface area contributed by atoms with Crippen LogP contribution in [-0.4, -0.2) is 0 Å². The van der Waals surface area contributed by atoms with E-state index >= 15 is 0 Å². The molecule has 0 fully saturated rings. The standard InChI is InChI=1S/C8H17.Cu/c1-3-5-7-8-6-4-2;/h3H,4-8H2,1-2H3;/q-1;+1. The van der Waals surface area contributed by atoms with E-state index in [2.05, 4.69) is 20.3 Å². The van der Waals surface area contributed by atoms with Crippen LogP contribution < -0.4 is 0 Å². The van der Waals surface area contributed by atoms with E-state index in [0.717, 1.165) is 0 Å². The van der Waals surface area contributed by atoms with Gasteiger partial charge in [-0.3, -0.25) is 0 Å². The van der Waals surface area contributed by atoms with Crippen LogP contribution >= 0.6 is 0 Å². The van der Waals surface area contributed by atoms with Crippen molar-refractivity contribution in [2.75, 3.05) is 0 Å². The Morgan fingerprint density at radius 3 is 2.22 bits per heavy atom. The third-order valence-electron chi connectivity index (χ3n) is 1.35. The predicted molar refractivity (Wildman–Crippen MR) is 38.7 cm³/mol. The van der Waals surface area contributed by atoms with Crippen molar-refractivity contribution in [2.45, 2.75) is 46.0 Å². The predicted octanol–water partition coefficient (Wildman–Crippen LogP) is 3.18. The summed E-state index contributed by atoms with van der Waals surface area (Å²) in [5, 5.41) is 0. The second kappa shape index (κ2) is 11.3. The molecule has 0 aliphatic heterocycles. The third-order valence-corrected chi connectivity index (χ3v) is 1.35. The smallest absolute Gasteiger partial charge is 0.332 e. The summed E-state index contributed by atoms with van der Waals surface area (Å²) in [5.74, 6) is 0. The topological polar surface area (TPSA) is 0 Å². The second-order valence-corrected chi connectivity index (χ2v) is 2.26. The summed E-state index contributed by atoms with van der Waals surface area (Å²) in [4.78, 5) is 0. The van der Waals surface area contributed by atoms with Crippen molar-refractivity contribution in [1.82, 2.24) is 0 Å². The minimum Gasteiger partial charge on any atom is -0.332 e. The average Bonchev–Trinajstić information content (AvgIpc) is 1.81. The van der Waals surface area contributed by atoms with Crippen molar-refractivity contribution in [3.63, 3.8) is 0 Å². The fraction of sp³-hybridized carbons (Fsp3) is 0.875. The van der Waals surface area contributed by atoms with E-state index in [-0.39, 0.29) is 17.1 Å². The van der Waals surface area contributed by atoms with Crippen molar-refractivity contribution in [2.24, 2.45) is 0 Å². The summed E-state index contributed by atoms with van der Waals surface area (Å²) in [5.41, 5.74) is 0. The maximum absolute atomic E-state index is 2.25. The van der Waals surface area contributed by atoms with Gasteiger partial charge in [0.2, 0.25) is 0 Å². The molecule has 0 aromatic rings.